The van der Waals surface area contributed by atoms with Gasteiger partial charge >= 0.3 is 0 Å². The highest BCUT2D eigenvalue weighted by Crippen LogP contribution is 2.15. The van der Waals surface area contributed by atoms with Crippen molar-refractivity contribution in [2.75, 3.05) is 7.05 Å². The van der Waals surface area contributed by atoms with Crippen LogP contribution in [0.25, 0.3) is 0 Å². The van der Waals surface area contributed by atoms with Crippen LogP contribution in [0.4, 0.5) is 0 Å². The van der Waals surface area contributed by atoms with E-state index < -0.39 is 6.04 Å². The molecule has 0 fully saturated rings. The Morgan fingerprint density at radius 1 is 0.913 bits per heavy atom. The van der Waals surface area contributed by atoms with Crippen LogP contribution >= 0.6 is 0 Å². The second-order valence-corrected chi connectivity index (χ2v) is 6.12. The minimum Gasteiger partial charge on any atom is -0.332 e. The summed E-state index contributed by atoms with van der Waals surface area (Å²) in [5.74, 6) is -0.185. The maximum Gasteiger partial charge on any atom is 0.254 e. The fourth-order valence-electron chi connectivity index (χ4n) is 2.47. The van der Waals surface area contributed by atoms with Crippen LogP contribution in [0.1, 0.15) is 44.3 Å². The molecule has 1 amide bonds. The highest BCUT2D eigenvalue weighted by Gasteiger charge is 2.24. The number of carbonyl (C=O) groups excluding carboxylic acids is 2. The average molecular weight is 309 g/mol. The van der Waals surface area contributed by atoms with Crippen molar-refractivity contribution in [1.29, 1.82) is 0 Å². The van der Waals surface area contributed by atoms with Crippen LogP contribution in [0, 0.1) is 20.8 Å². The van der Waals surface area contributed by atoms with Gasteiger partial charge in [0.1, 0.15) is 0 Å². The van der Waals surface area contributed by atoms with Crippen LogP contribution in [0.3, 0.4) is 0 Å². The summed E-state index contributed by atoms with van der Waals surface area (Å²) in [4.78, 5) is 26.7. The summed E-state index contributed by atoms with van der Waals surface area (Å²) in [6, 6.07) is 12.6. The van der Waals surface area contributed by atoms with Crippen LogP contribution in [0.2, 0.25) is 0 Å². The van der Waals surface area contributed by atoms with E-state index in [-0.39, 0.29) is 11.7 Å². The number of aryl methyl sites for hydroxylation is 3. The molecule has 1 unspecified atom stereocenters. The molecule has 0 N–H and O–H groups in total. The van der Waals surface area contributed by atoms with E-state index in [0.717, 1.165) is 16.7 Å². The molecule has 0 bridgehead atoms. The molecule has 0 radical (unpaired) electrons. The zero-order chi connectivity index (χ0) is 17.1. The van der Waals surface area contributed by atoms with Crippen LogP contribution in [-0.4, -0.2) is 29.7 Å². The van der Waals surface area contributed by atoms with E-state index >= 15 is 0 Å². The van der Waals surface area contributed by atoms with E-state index in [1.165, 1.54) is 4.90 Å². The van der Waals surface area contributed by atoms with Crippen molar-refractivity contribution in [2.45, 2.75) is 33.7 Å². The minimum atomic E-state index is -0.509. The van der Waals surface area contributed by atoms with Crippen molar-refractivity contribution < 1.29 is 9.59 Å². The summed E-state index contributed by atoms with van der Waals surface area (Å²) in [7, 11) is 1.67. The predicted molar refractivity (Wildman–Crippen MR) is 93.0 cm³/mol. The Morgan fingerprint density at radius 3 is 2.22 bits per heavy atom. The van der Waals surface area contributed by atoms with E-state index in [1.807, 2.05) is 57.2 Å². The molecule has 3 nitrogen and oxygen atoms in total. The van der Waals surface area contributed by atoms with Gasteiger partial charge in [0.25, 0.3) is 5.91 Å². The van der Waals surface area contributed by atoms with E-state index in [2.05, 4.69) is 0 Å². The van der Waals surface area contributed by atoms with Crippen molar-refractivity contribution in [2.24, 2.45) is 0 Å². The van der Waals surface area contributed by atoms with Crippen molar-refractivity contribution in [3.63, 3.8) is 0 Å². The Bertz CT molecular complexity index is 749. The second-order valence-electron chi connectivity index (χ2n) is 6.12. The Balaban J connectivity index is 2.21. The number of hydrogen-bond donors (Lipinski definition) is 0. The first-order valence-corrected chi connectivity index (χ1v) is 7.76. The summed E-state index contributed by atoms with van der Waals surface area (Å²) < 4.78 is 0. The number of rotatable bonds is 4. The van der Waals surface area contributed by atoms with E-state index in [0.29, 0.717) is 11.1 Å². The van der Waals surface area contributed by atoms with Crippen molar-refractivity contribution in [1.82, 2.24) is 4.90 Å². The lowest BCUT2D eigenvalue weighted by atomic mass is 9.99. The van der Waals surface area contributed by atoms with Gasteiger partial charge in [0, 0.05) is 18.2 Å². The molecule has 2 aromatic rings. The molecule has 0 spiro atoms. The molecule has 23 heavy (non-hydrogen) atoms. The van der Waals surface area contributed by atoms with Crippen LogP contribution in [0.15, 0.2) is 42.5 Å². The predicted octanol–water partition coefficient (Wildman–Crippen LogP) is 3.96. The zero-order valence-electron chi connectivity index (χ0n) is 14.4. The lowest BCUT2D eigenvalue weighted by Gasteiger charge is -2.24. The number of hydrogen-bond acceptors (Lipinski definition) is 2. The third kappa shape index (κ3) is 3.67. The van der Waals surface area contributed by atoms with Gasteiger partial charge < -0.3 is 4.90 Å². The van der Waals surface area contributed by atoms with Gasteiger partial charge in [0.15, 0.2) is 5.78 Å². The maximum atomic E-state index is 12.7. The van der Waals surface area contributed by atoms with Gasteiger partial charge in [0.05, 0.1) is 6.04 Å². The number of likely N-dealkylation sites (N-methyl/N-ethyl adjacent to an activating group) is 1. The van der Waals surface area contributed by atoms with Crippen molar-refractivity contribution in [3.8, 4) is 0 Å². The SMILES string of the molecule is Cc1cccc(C(=O)N(C)C(C)C(=O)c2ccc(C)c(C)c2)c1. The first-order valence-electron chi connectivity index (χ1n) is 7.76. The Morgan fingerprint density at radius 2 is 1.61 bits per heavy atom. The molecule has 2 rings (SSSR count). The molecule has 120 valence electrons. The standard InChI is InChI=1S/C20H23NO2/c1-13-7-6-8-18(11-13)20(23)21(5)16(4)19(22)17-10-9-14(2)15(3)12-17/h6-12,16H,1-5H3. The summed E-state index contributed by atoms with van der Waals surface area (Å²) in [5.41, 5.74) is 4.50. The molecule has 0 aromatic heterocycles. The molecule has 0 aliphatic carbocycles. The molecule has 0 heterocycles. The summed E-state index contributed by atoms with van der Waals surface area (Å²) >= 11 is 0. The number of amides is 1. The smallest absolute Gasteiger partial charge is 0.254 e. The summed E-state index contributed by atoms with van der Waals surface area (Å²) in [6.45, 7) is 7.71. The minimum absolute atomic E-state index is 0.0448. The normalized spacial score (nSPS) is 11.9. The molecule has 1 atom stereocenters. The fraction of sp³-hybridized carbons (Fsp3) is 0.300. The quantitative estimate of drug-likeness (QED) is 0.802. The molecule has 2 aromatic carbocycles. The summed E-state index contributed by atoms with van der Waals surface area (Å²) in [6.07, 6.45) is 0. The average Bonchev–Trinajstić information content (AvgIpc) is 2.54. The fourth-order valence-corrected chi connectivity index (χ4v) is 2.47. The van der Waals surface area contributed by atoms with Crippen LogP contribution in [-0.2, 0) is 0 Å². The number of Topliss-reactive ketones (excluding diaryl/α,β-unsaturated/α-hetero) is 1. The van der Waals surface area contributed by atoms with Crippen molar-refractivity contribution in [3.05, 3.63) is 70.3 Å². The molecule has 0 aliphatic heterocycles. The molecular formula is C20H23NO2. The van der Waals surface area contributed by atoms with Gasteiger partial charge in [-0.2, -0.15) is 0 Å². The van der Waals surface area contributed by atoms with E-state index in [9.17, 15) is 9.59 Å². The highest BCUT2D eigenvalue weighted by molar-refractivity contribution is 6.04. The van der Waals surface area contributed by atoms with Crippen LogP contribution in [0.5, 0.6) is 0 Å². The third-order valence-corrected chi connectivity index (χ3v) is 4.34. The topological polar surface area (TPSA) is 37.4 Å². The third-order valence-electron chi connectivity index (χ3n) is 4.34. The number of benzene rings is 2. The Kier molecular flexibility index (Phi) is 4.99. The summed E-state index contributed by atoms with van der Waals surface area (Å²) in [5, 5.41) is 0. The Labute approximate surface area is 137 Å². The Hall–Kier alpha value is -2.42. The van der Waals surface area contributed by atoms with Crippen molar-refractivity contribution >= 4 is 11.7 Å². The van der Waals surface area contributed by atoms with Gasteiger partial charge in [-0.1, -0.05) is 29.8 Å². The highest BCUT2D eigenvalue weighted by atomic mass is 16.2. The second kappa shape index (κ2) is 6.78. The van der Waals surface area contributed by atoms with E-state index in [4.69, 9.17) is 0 Å². The van der Waals surface area contributed by atoms with Crippen LogP contribution < -0.4 is 0 Å². The lowest BCUT2D eigenvalue weighted by Crippen LogP contribution is -2.40. The van der Waals surface area contributed by atoms with Gasteiger partial charge in [-0.15, -0.1) is 0 Å². The number of nitrogens with zero attached hydrogens (tertiary/aromatic N) is 1. The maximum absolute atomic E-state index is 12.7. The number of ketones is 1. The number of carbonyl (C=O) groups is 2. The monoisotopic (exact) mass is 309 g/mol. The molecule has 0 saturated heterocycles. The first kappa shape index (κ1) is 16.9. The molecule has 0 saturated carbocycles. The van der Waals surface area contributed by atoms with Gasteiger partial charge in [0.2, 0.25) is 0 Å². The van der Waals surface area contributed by atoms with Gasteiger partial charge in [-0.25, -0.2) is 0 Å². The van der Waals surface area contributed by atoms with E-state index in [1.54, 1.807) is 20.0 Å². The van der Waals surface area contributed by atoms with Gasteiger partial charge in [-0.05, 0) is 57.0 Å². The zero-order valence-corrected chi connectivity index (χ0v) is 14.4. The molecule has 0 aliphatic rings. The van der Waals surface area contributed by atoms with Gasteiger partial charge in [-0.3, -0.25) is 9.59 Å². The molecular weight excluding hydrogens is 286 g/mol. The largest absolute Gasteiger partial charge is 0.332 e. The molecule has 3 heteroatoms. The lowest BCUT2D eigenvalue weighted by molar-refractivity contribution is 0.0675. The first-order chi connectivity index (χ1) is 10.8.